The van der Waals surface area contributed by atoms with Crippen molar-refractivity contribution in [2.45, 2.75) is 32.5 Å². The van der Waals surface area contributed by atoms with Gasteiger partial charge in [0.2, 0.25) is 6.29 Å². The largest absolute Gasteiger partial charge is 0.451 e. The van der Waals surface area contributed by atoms with Gasteiger partial charge >= 0.3 is 0 Å². The van der Waals surface area contributed by atoms with E-state index in [1.165, 1.54) is 0 Å². The van der Waals surface area contributed by atoms with Crippen LogP contribution in [0.2, 0.25) is 0 Å². The van der Waals surface area contributed by atoms with Crippen molar-refractivity contribution < 1.29 is 9.47 Å². The number of nitrogens with zero attached hydrogens (tertiary/aromatic N) is 1. The van der Waals surface area contributed by atoms with Gasteiger partial charge in [-0.15, -0.1) is 0 Å². The summed E-state index contributed by atoms with van der Waals surface area (Å²) in [5.74, 6) is 1.55. The number of nitriles is 1. The Labute approximate surface area is 89.2 Å². The van der Waals surface area contributed by atoms with Crippen LogP contribution in [0.1, 0.15) is 25.3 Å². The molecule has 1 aromatic rings. The van der Waals surface area contributed by atoms with Gasteiger partial charge in [-0.2, -0.15) is 5.26 Å². The topological polar surface area (TPSA) is 42.2 Å². The standard InChI is InChI=1S/C12H13NO2/c1-2-3-12-14-10-5-4-9(6-7-13)8-11(10)15-12/h4-5,8,12H,2-3,6H2,1H3. The summed E-state index contributed by atoms with van der Waals surface area (Å²) >= 11 is 0. The Kier molecular flexibility index (Phi) is 2.77. The Morgan fingerprint density at radius 2 is 2.13 bits per heavy atom. The molecule has 15 heavy (non-hydrogen) atoms. The molecule has 0 fully saturated rings. The summed E-state index contributed by atoms with van der Waals surface area (Å²) in [4.78, 5) is 0. The van der Waals surface area contributed by atoms with Crippen molar-refractivity contribution in [2.24, 2.45) is 0 Å². The Hall–Kier alpha value is -1.69. The summed E-state index contributed by atoms with van der Waals surface area (Å²) in [6.45, 7) is 2.09. The number of hydrogen-bond acceptors (Lipinski definition) is 3. The highest BCUT2D eigenvalue weighted by Crippen LogP contribution is 2.36. The van der Waals surface area contributed by atoms with Crippen LogP contribution in [0.5, 0.6) is 11.5 Å². The molecule has 1 atom stereocenters. The smallest absolute Gasteiger partial charge is 0.241 e. The molecular weight excluding hydrogens is 190 g/mol. The molecule has 0 aromatic heterocycles. The Bertz CT molecular complexity index is 395. The third-order valence-electron chi connectivity index (χ3n) is 2.33. The zero-order valence-electron chi connectivity index (χ0n) is 8.69. The Balaban J connectivity index is 2.13. The summed E-state index contributed by atoms with van der Waals surface area (Å²) < 4.78 is 11.2. The summed E-state index contributed by atoms with van der Waals surface area (Å²) in [7, 11) is 0. The van der Waals surface area contributed by atoms with Crippen LogP contribution in [-0.2, 0) is 6.42 Å². The molecule has 1 heterocycles. The Morgan fingerprint density at radius 1 is 1.33 bits per heavy atom. The molecule has 3 nitrogen and oxygen atoms in total. The van der Waals surface area contributed by atoms with Gasteiger partial charge < -0.3 is 9.47 Å². The normalized spacial score (nSPS) is 17.5. The molecule has 0 spiro atoms. The lowest BCUT2D eigenvalue weighted by atomic mass is 10.1. The first-order valence-electron chi connectivity index (χ1n) is 5.16. The van der Waals surface area contributed by atoms with Crippen molar-refractivity contribution in [3.63, 3.8) is 0 Å². The molecule has 1 aromatic carbocycles. The predicted octanol–water partition coefficient (Wildman–Crippen LogP) is 2.65. The van der Waals surface area contributed by atoms with Crippen molar-refractivity contribution in [3.8, 4) is 17.6 Å². The molecule has 2 rings (SSSR count). The lowest BCUT2D eigenvalue weighted by Crippen LogP contribution is -2.16. The highest BCUT2D eigenvalue weighted by molar-refractivity contribution is 5.45. The minimum absolute atomic E-state index is 0.151. The van der Waals surface area contributed by atoms with E-state index in [0.717, 1.165) is 29.9 Å². The van der Waals surface area contributed by atoms with Gasteiger partial charge in [0.1, 0.15) is 0 Å². The third kappa shape index (κ3) is 2.04. The quantitative estimate of drug-likeness (QED) is 0.758. The molecule has 1 aliphatic heterocycles. The van der Waals surface area contributed by atoms with Crippen LogP contribution >= 0.6 is 0 Å². The lowest BCUT2D eigenvalue weighted by molar-refractivity contribution is 0.0413. The highest BCUT2D eigenvalue weighted by atomic mass is 16.7. The second-order valence-corrected chi connectivity index (χ2v) is 3.57. The zero-order valence-corrected chi connectivity index (χ0v) is 8.69. The van der Waals surface area contributed by atoms with E-state index < -0.39 is 0 Å². The molecule has 0 saturated carbocycles. The van der Waals surface area contributed by atoms with Crippen LogP contribution in [0, 0.1) is 11.3 Å². The van der Waals surface area contributed by atoms with Crippen molar-refractivity contribution in [2.75, 3.05) is 0 Å². The number of benzene rings is 1. The maximum Gasteiger partial charge on any atom is 0.241 e. The molecule has 3 heteroatoms. The maximum absolute atomic E-state index is 8.58. The molecule has 78 valence electrons. The molecule has 1 unspecified atom stereocenters. The van der Waals surface area contributed by atoms with E-state index in [2.05, 4.69) is 13.0 Å². The maximum atomic E-state index is 8.58. The summed E-state index contributed by atoms with van der Waals surface area (Å²) in [5, 5.41) is 8.58. The number of fused-ring (bicyclic) bond motifs is 1. The van der Waals surface area contributed by atoms with Crippen LogP contribution in [0.3, 0.4) is 0 Å². The van der Waals surface area contributed by atoms with Gasteiger partial charge in [-0.05, 0) is 24.1 Å². The van der Waals surface area contributed by atoms with Crippen LogP contribution < -0.4 is 9.47 Å². The van der Waals surface area contributed by atoms with Gasteiger partial charge in [0.15, 0.2) is 11.5 Å². The van der Waals surface area contributed by atoms with Gasteiger partial charge in [-0.3, -0.25) is 0 Å². The second kappa shape index (κ2) is 4.22. The fourth-order valence-corrected chi connectivity index (χ4v) is 1.60. The minimum atomic E-state index is -0.151. The SMILES string of the molecule is CCCC1Oc2ccc(CC#N)cc2O1. The summed E-state index contributed by atoms with van der Waals surface area (Å²) in [6.07, 6.45) is 2.18. The van der Waals surface area contributed by atoms with E-state index >= 15 is 0 Å². The van der Waals surface area contributed by atoms with E-state index in [0.29, 0.717) is 6.42 Å². The van der Waals surface area contributed by atoms with Crippen LogP contribution in [0.25, 0.3) is 0 Å². The molecule has 0 N–H and O–H groups in total. The second-order valence-electron chi connectivity index (χ2n) is 3.57. The molecule has 0 radical (unpaired) electrons. The van der Waals surface area contributed by atoms with Gasteiger partial charge in [0.25, 0.3) is 0 Å². The summed E-state index contributed by atoms with van der Waals surface area (Å²) in [5.41, 5.74) is 0.969. The first kappa shape index (κ1) is 9.85. The van der Waals surface area contributed by atoms with E-state index in [4.69, 9.17) is 14.7 Å². The average molecular weight is 203 g/mol. The van der Waals surface area contributed by atoms with Gasteiger partial charge in [0.05, 0.1) is 12.5 Å². The van der Waals surface area contributed by atoms with Crippen molar-refractivity contribution >= 4 is 0 Å². The van der Waals surface area contributed by atoms with E-state index in [-0.39, 0.29) is 6.29 Å². The van der Waals surface area contributed by atoms with Crippen molar-refractivity contribution in [1.29, 1.82) is 5.26 Å². The van der Waals surface area contributed by atoms with Gasteiger partial charge in [-0.25, -0.2) is 0 Å². The third-order valence-corrected chi connectivity index (χ3v) is 2.33. The van der Waals surface area contributed by atoms with Crippen molar-refractivity contribution in [1.82, 2.24) is 0 Å². The molecule has 1 aliphatic rings. The number of hydrogen-bond donors (Lipinski definition) is 0. The molecule has 0 aliphatic carbocycles. The lowest BCUT2D eigenvalue weighted by Gasteiger charge is -2.07. The van der Waals surface area contributed by atoms with Crippen LogP contribution in [-0.4, -0.2) is 6.29 Å². The fourth-order valence-electron chi connectivity index (χ4n) is 1.60. The van der Waals surface area contributed by atoms with Gasteiger partial charge in [0, 0.05) is 6.42 Å². The fraction of sp³-hybridized carbons (Fsp3) is 0.417. The number of rotatable bonds is 3. The highest BCUT2D eigenvalue weighted by Gasteiger charge is 2.23. The minimum Gasteiger partial charge on any atom is -0.451 e. The predicted molar refractivity (Wildman–Crippen MR) is 55.7 cm³/mol. The number of ether oxygens (including phenoxy) is 2. The zero-order chi connectivity index (χ0) is 10.7. The van der Waals surface area contributed by atoms with E-state index in [9.17, 15) is 0 Å². The van der Waals surface area contributed by atoms with Crippen LogP contribution in [0.4, 0.5) is 0 Å². The average Bonchev–Trinajstić information content (AvgIpc) is 2.60. The summed E-state index contributed by atoms with van der Waals surface area (Å²) in [6, 6.07) is 7.77. The monoisotopic (exact) mass is 203 g/mol. The van der Waals surface area contributed by atoms with E-state index in [1.54, 1.807) is 0 Å². The molecule has 0 bridgehead atoms. The van der Waals surface area contributed by atoms with E-state index in [1.807, 2.05) is 18.2 Å². The van der Waals surface area contributed by atoms with Gasteiger partial charge in [-0.1, -0.05) is 13.0 Å². The molecule has 0 amide bonds. The molecular formula is C12H13NO2. The Morgan fingerprint density at radius 3 is 2.87 bits per heavy atom. The van der Waals surface area contributed by atoms with Crippen molar-refractivity contribution in [3.05, 3.63) is 23.8 Å². The molecule has 0 saturated heterocycles. The first-order chi connectivity index (χ1) is 7.33. The van der Waals surface area contributed by atoms with Crippen LogP contribution in [0.15, 0.2) is 18.2 Å². The first-order valence-corrected chi connectivity index (χ1v) is 5.16.